The van der Waals surface area contributed by atoms with Crippen LogP contribution in [0, 0.1) is 0 Å². The first kappa shape index (κ1) is 11.2. The maximum Gasteiger partial charge on any atom is 0.247 e. The Hall–Kier alpha value is -1.92. The molecule has 0 spiro atoms. The van der Waals surface area contributed by atoms with Crippen LogP contribution in [0.3, 0.4) is 0 Å². The molecule has 6 heteroatoms. The molecule has 0 saturated carbocycles. The second kappa shape index (κ2) is 4.40. The lowest BCUT2D eigenvalue weighted by molar-refractivity contribution is 0.419. The highest BCUT2D eigenvalue weighted by atomic mass is 32.1. The Balaban J connectivity index is 2.13. The Morgan fingerprint density at radius 3 is 3.00 bits per heavy atom. The van der Waals surface area contributed by atoms with Gasteiger partial charge in [-0.2, -0.15) is 0 Å². The van der Waals surface area contributed by atoms with Crippen LogP contribution in [0.15, 0.2) is 28.0 Å². The molecule has 0 aliphatic carbocycles. The van der Waals surface area contributed by atoms with E-state index < -0.39 is 0 Å². The Labute approximate surface area is 107 Å². The number of thiazole rings is 1. The van der Waals surface area contributed by atoms with Crippen molar-refractivity contribution in [2.24, 2.45) is 5.73 Å². The molecular formula is C12H11N3O2S. The lowest BCUT2D eigenvalue weighted by Crippen LogP contribution is -1.94. The molecule has 92 valence electrons. The average Bonchev–Trinajstić information content (AvgIpc) is 3.03. The number of fused-ring (bicyclic) bond motifs is 1. The largest absolute Gasteiger partial charge is 0.494 e. The number of oxazole rings is 1. The Morgan fingerprint density at radius 1 is 1.39 bits per heavy atom. The summed E-state index contributed by atoms with van der Waals surface area (Å²) in [5.41, 5.74) is 7.64. The van der Waals surface area contributed by atoms with Crippen LogP contribution in [0.5, 0.6) is 5.75 Å². The van der Waals surface area contributed by atoms with E-state index in [1.165, 1.54) is 11.3 Å². The minimum atomic E-state index is 0.425. The van der Waals surface area contributed by atoms with Crippen LogP contribution in [0.25, 0.3) is 22.7 Å². The summed E-state index contributed by atoms with van der Waals surface area (Å²) in [6, 6.07) is 5.56. The zero-order valence-corrected chi connectivity index (χ0v) is 10.5. The van der Waals surface area contributed by atoms with Gasteiger partial charge in [0.1, 0.15) is 16.5 Å². The molecule has 0 aliphatic rings. The molecule has 2 N–H and O–H groups in total. The second-order valence-corrected chi connectivity index (χ2v) is 4.60. The molecule has 0 aliphatic heterocycles. The summed E-state index contributed by atoms with van der Waals surface area (Å²) in [4.78, 5) is 8.76. The minimum Gasteiger partial charge on any atom is -0.494 e. The van der Waals surface area contributed by atoms with Crippen molar-refractivity contribution in [1.29, 1.82) is 0 Å². The van der Waals surface area contributed by atoms with Gasteiger partial charge in [0, 0.05) is 11.9 Å². The predicted molar refractivity (Wildman–Crippen MR) is 69.6 cm³/mol. The Kier molecular flexibility index (Phi) is 2.73. The van der Waals surface area contributed by atoms with Gasteiger partial charge in [-0.1, -0.05) is 6.07 Å². The van der Waals surface area contributed by atoms with Gasteiger partial charge in [-0.3, -0.25) is 0 Å². The molecule has 0 radical (unpaired) electrons. The number of aromatic nitrogens is 2. The van der Waals surface area contributed by atoms with Crippen molar-refractivity contribution in [3.05, 3.63) is 28.6 Å². The van der Waals surface area contributed by atoms with Gasteiger partial charge in [-0.05, 0) is 12.1 Å². The van der Waals surface area contributed by atoms with E-state index in [2.05, 4.69) is 9.97 Å². The number of nitrogens with two attached hydrogens (primary N) is 1. The van der Waals surface area contributed by atoms with E-state index in [1.54, 1.807) is 7.11 Å². The summed E-state index contributed by atoms with van der Waals surface area (Å²) >= 11 is 1.50. The number of hydrogen-bond donors (Lipinski definition) is 1. The number of rotatable bonds is 3. The van der Waals surface area contributed by atoms with Crippen molar-refractivity contribution >= 4 is 22.4 Å². The van der Waals surface area contributed by atoms with Gasteiger partial charge in [-0.25, -0.2) is 9.97 Å². The zero-order chi connectivity index (χ0) is 12.5. The summed E-state index contributed by atoms with van der Waals surface area (Å²) < 4.78 is 10.9. The highest BCUT2D eigenvalue weighted by Gasteiger charge is 2.14. The third-order valence-corrected chi connectivity index (χ3v) is 3.42. The van der Waals surface area contributed by atoms with Crippen molar-refractivity contribution in [2.45, 2.75) is 6.54 Å². The smallest absolute Gasteiger partial charge is 0.247 e. The zero-order valence-electron chi connectivity index (χ0n) is 9.71. The number of para-hydroxylation sites is 1. The van der Waals surface area contributed by atoms with E-state index in [0.717, 1.165) is 5.01 Å². The van der Waals surface area contributed by atoms with Crippen molar-refractivity contribution < 1.29 is 9.15 Å². The van der Waals surface area contributed by atoms with Crippen LogP contribution >= 0.6 is 11.3 Å². The van der Waals surface area contributed by atoms with E-state index in [1.807, 2.05) is 23.6 Å². The summed E-state index contributed by atoms with van der Waals surface area (Å²) in [6.45, 7) is 0.425. The van der Waals surface area contributed by atoms with Crippen molar-refractivity contribution in [1.82, 2.24) is 9.97 Å². The van der Waals surface area contributed by atoms with Gasteiger partial charge in [0.05, 0.1) is 7.11 Å². The summed E-state index contributed by atoms with van der Waals surface area (Å²) in [7, 11) is 1.61. The van der Waals surface area contributed by atoms with Crippen molar-refractivity contribution in [3.8, 4) is 17.3 Å². The lowest BCUT2D eigenvalue weighted by Gasteiger charge is -1.96. The number of hydrogen-bond acceptors (Lipinski definition) is 6. The number of methoxy groups -OCH3 is 1. The molecule has 0 bridgehead atoms. The maximum atomic E-state index is 5.67. The number of nitrogens with zero attached hydrogens (tertiary/aromatic N) is 2. The molecule has 18 heavy (non-hydrogen) atoms. The number of benzene rings is 1. The molecule has 2 heterocycles. The van der Waals surface area contributed by atoms with E-state index in [9.17, 15) is 0 Å². The quantitative estimate of drug-likeness (QED) is 0.783. The Morgan fingerprint density at radius 2 is 2.28 bits per heavy atom. The lowest BCUT2D eigenvalue weighted by atomic mass is 10.3. The SMILES string of the molecule is COc1cccc2oc(-c3csc(CN)n3)nc12. The van der Waals surface area contributed by atoms with Crippen LogP contribution in [0.4, 0.5) is 0 Å². The van der Waals surface area contributed by atoms with Crippen LogP contribution in [0.2, 0.25) is 0 Å². The molecule has 0 amide bonds. The Bertz CT molecular complexity index is 690. The first-order valence-corrected chi connectivity index (χ1v) is 6.28. The predicted octanol–water partition coefficient (Wildman–Crippen LogP) is 2.42. The summed E-state index contributed by atoms with van der Waals surface area (Å²) in [5, 5.41) is 2.75. The fourth-order valence-corrected chi connectivity index (χ4v) is 2.35. The standard InChI is InChI=1S/C12H11N3O2S/c1-16-8-3-2-4-9-11(8)15-12(17-9)7-6-18-10(5-13)14-7/h2-4,6H,5,13H2,1H3. The number of ether oxygens (including phenoxy) is 1. The molecular weight excluding hydrogens is 250 g/mol. The molecule has 0 atom stereocenters. The van der Waals surface area contributed by atoms with Gasteiger partial charge in [0.25, 0.3) is 0 Å². The maximum absolute atomic E-state index is 5.67. The summed E-state index contributed by atoms with van der Waals surface area (Å²) in [6.07, 6.45) is 0. The minimum absolute atomic E-state index is 0.425. The van der Waals surface area contributed by atoms with Gasteiger partial charge >= 0.3 is 0 Å². The van der Waals surface area contributed by atoms with Gasteiger partial charge in [0.2, 0.25) is 5.89 Å². The van der Waals surface area contributed by atoms with E-state index >= 15 is 0 Å². The van der Waals surface area contributed by atoms with Crippen LogP contribution in [0.1, 0.15) is 5.01 Å². The van der Waals surface area contributed by atoms with Gasteiger partial charge in [0.15, 0.2) is 11.1 Å². The van der Waals surface area contributed by atoms with Crippen molar-refractivity contribution in [2.75, 3.05) is 7.11 Å². The normalized spacial score (nSPS) is 11.0. The molecule has 0 unspecified atom stereocenters. The van der Waals surface area contributed by atoms with Gasteiger partial charge in [-0.15, -0.1) is 11.3 Å². The average molecular weight is 261 g/mol. The topological polar surface area (TPSA) is 74.2 Å². The first-order chi connectivity index (χ1) is 8.81. The molecule has 5 nitrogen and oxygen atoms in total. The van der Waals surface area contributed by atoms with Crippen molar-refractivity contribution in [3.63, 3.8) is 0 Å². The molecule has 0 fully saturated rings. The van der Waals surface area contributed by atoms with Crippen LogP contribution in [-0.4, -0.2) is 17.1 Å². The highest BCUT2D eigenvalue weighted by molar-refractivity contribution is 7.09. The van der Waals surface area contributed by atoms with E-state index in [0.29, 0.717) is 35.0 Å². The third kappa shape index (κ3) is 1.75. The summed E-state index contributed by atoms with van der Waals surface area (Å²) in [5.74, 6) is 1.18. The monoisotopic (exact) mass is 261 g/mol. The van der Waals surface area contributed by atoms with Gasteiger partial charge < -0.3 is 14.9 Å². The molecule has 2 aromatic heterocycles. The molecule has 1 aromatic carbocycles. The first-order valence-electron chi connectivity index (χ1n) is 5.40. The van der Waals surface area contributed by atoms with E-state index in [-0.39, 0.29) is 0 Å². The van der Waals surface area contributed by atoms with E-state index in [4.69, 9.17) is 14.9 Å². The fraction of sp³-hybridized carbons (Fsp3) is 0.167. The molecule has 3 rings (SSSR count). The fourth-order valence-electron chi connectivity index (χ4n) is 1.70. The third-order valence-electron chi connectivity index (χ3n) is 2.55. The van der Waals surface area contributed by atoms with Crippen LogP contribution in [-0.2, 0) is 6.54 Å². The molecule has 3 aromatic rings. The second-order valence-electron chi connectivity index (χ2n) is 3.66. The molecule has 0 saturated heterocycles. The highest BCUT2D eigenvalue weighted by Crippen LogP contribution is 2.30. The van der Waals surface area contributed by atoms with Crippen LogP contribution < -0.4 is 10.5 Å².